The summed E-state index contributed by atoms with van der Waals surface area (Å²) in [5.74, 6) is -0.275. The minimum atomic E-state index is -0.275. The molecule has 162 valence electrons. The number of anilines is 1. The van der Waals surface area contributed by atoms with E-state index in [0.29, 0.717) is 17.2 Å². The average molecular weight is 438 g/mol. The van der Waals surface area contributed by atoms with Crippen LogP contribution in [0.1, 0.15) is 34.3 Å². The molecule has 0 unspecified atom stereocenters. The lowest BCUT2D eigenvalue weighted by atomic mass is 10.1. The van der Waals surface area contributed by atoms with E-state index in [1.807, 2.05) is 32.0 Å². The molecule has 8 heteroatoms. The minimum Gasteiger partial charge on any atom is -0.462 e. The molecule has 3 heterocycles. The SMILES string of the molecule is [C-]#[N+]c1ccc2[nH]cc(CCCN3CCN(c4nc(C)c(C(=O)OCC)s4)CC3)c2c1. The molecule has 1 aliphatic heterocycles. The first-order valence-corrected chi connectivity index (χ1v) is 11.5. The second-order valence-electron chi connectivity index (χ2n) is 7.72. The number of hydrogen-bond acceptors (Lipinski definition) is 6. The Labute approximate surface area is 186 Å². The third kappa shape index (κ3) is 4.73. The number of ether oxygens (including phenoxy) is 1. The van der Waals surface area contributed by atoms with E-state index in [2.05, 4.69) is 30.8 Å². The van der Waals surface area contributed by atoms with Gasteiger partial charge in [0.25, 0.3) is 0 Å². The number of aromatic amines is 1. The Morgan fingerprint density at radius 1 is 1.32 bits per heavy atom. The maximum atomic E-state index is 12.1. The number of aromatic nitrogens is 2. The van der Waals surface area contributed by atoms with Gasteiger partial charge in [0, 0.05) is 37.9 Å². The predicted octanol–water partition coefficient (Wildman–Crippen LogP) is 4.42. The van der Waals surface area contributed by atoms with Gasteiger partial charge in [-0.3, -0.25) is 4.90 Å². The number of rotatable bonds is 7. The Morgan fingerprint density at radius 3 is 2.87 bits per heavy atom. The molecule has 0 radical (unpaired) electrons. The van der Waals surface area contributed by atoms with Gasteiger partial charge < -0.3 is 14.6 Å². The van der Waals surface area contributed by atoms with Crippen LogP contribution in [0.2, 0.25) is 0 Å². The largest absolute Gasteiger partial charge is 0.462 e. The van der Waals surface area contributed by atoms with Gasteiger partial charge in [-0.2, -0.15) is 0 Å². The Kier molecular flexibility index (Phi) is 6.54. The van der Waals surface area contributed by atoms with E-state index >= 15 is 0 Å². The molecular formula is C23H27N5O2S. The van der Waals surface area contributed by atoms with Crippen LogP contribution in [0.5, 0.6) is 0 Å². The summed E-state index contributed by atoms with van der Waals surface area (Å²) in [5, 5.41) is 2.07. The molecule has 1 fully saturated rings. The van der Waals surface area contributed by atoms with Gasteiger partial charge in [0.1, 0.15) is 4.88 Å². The first-order chi connectivity index (χ1) is 15.1. The Balaban J connectivity index is 1.28. The summed E-state index contributed by atoms with van der Waals surface area (Å²) in [7, 11) is 0. The summed E-state index contributed by atoms with van der Waals surface area (Å²) in [5.41, 5.74) is 3.81. The van der Waals surface area contributed by atoms with Gasteiger partial charge in [-0.05, 0) is 56.3 Å². The molecule has 0 bridgehead atoms. The van der Waals surface area contributed by atoms with E-state index in [1.54, 1.807) is 0 Å². The topological polar surface area (TPSA) is 65.8 Å². The van der Waals surface area contributed by atoms with Gasteiger partial charge in [0.05, 0.1) is 18.9 Å². The molecule has 0 aliphatic carbocycles. The highest BCUT2D eigenvalue weighted by Gasteiger charge is 2.23. The number of aryl methyl sites for hydroxylation is 2. The lowest BCUT2D eigenvalue weighted by Gasteiger charge is -2.34. The van der Waals surface area contributed by atoms with Crippen LogP contribution in [0.25, 0.3) is 15.7 Å². The number of thiazole rings is 1. The van der Waals surface area contributed by atoms with Gasteiger partial charge >= 0.3 is 5.97 Å². The van der Waals surface area contributed by atoms with Crippen LogP contribution in [-0.4, -0.2) is 60.2 Å². The number of benzene rings is 1. The van der Waals surface area contributed by atoms with Crippen molar-refractivity contribution in [2.45, 2.75) is 26.7 Å². The molecule has 1 aliphatic rings. The molecule has 1 N–H and O–H groups in total. The monoisotopic (exact) mass is 437 g/mol. The second kappa shape index (κ2) is 9.50. The zero-order chi connectivity index (χ0) is 21.8. The van der Waals surface area contributed by atoms with Crippen LogP contribution in [-0.2, 0) is 11.2 Å². The first-order valence-electron chi connectivity index (χ1n) is 10.7. The van der Waals surface area contributed by atoms with E-state index in [9.17, 15) is 4.79 Å². The fourth-order valence-electron chi connectivity index (χ4n) is 4.00. The smallest absolute Gasteiger partial charge is 0.350 e. The van der Waals surface area contributed by atoms with Gasteiger partial charge in [-0.1, -0.05) is 17.4 Å². The molecule has 0 amide bonds. The maximum Gasteiger partial charge on any atom is 0.350 e. The molecule has 0 saturated carbocycles. The van der Waals surface area contributed by atoms with Crippen molar-refractivity contribution in [3.63, 3.8) is 0 Å². The highest BCUT2D eigenvalue weighted by atomic mass is 32.1. The van der Waals surface area contributed by atoms with Crippen molar-refractivity contribution >= 4 is 39.0 Å². The van der Waals surface area contributed by atoms with Crippen molar-refractivity contribution in [2.24, 2.45) is 0 Å². The summed E-state index contributed by atoms with van der Waals surface area (Å²) in [6, 6.07) is 5.82. The van der Waals surface area contributed by atoms with Crippen LogP contribution in [0.15, 0.2) is 24.4 Å². The number of fused-ring (bicyclic) bond motifs is 1. The standard InChI is InChI=1S/C23H27N5O2S/c1-4-30-22(29)21-16(2)26-23(31-21)28-12-10-27(11-13-28)9-5-6-17-15-25-20-8-7-18(24-3)14-19(17)20/h7-8,14-15,25H,4-6,9-13H2,1-2H3. The van der Waals surface area contributed by atoms with Crippen LogP contribution in [0.3, 0.4) is 0 Å². The summed E-state index contributed by atoms with van der Waals surface area (Å²) in [6.07, 6.45) is 4.15. The number of nitrogens with zero attached hydrogens (tertiary/aromatic N) is 4. The summed E-state index contributed by atoms with van der Waals surface area (Å²) in [4.78, 5) is 28.9. The molecule has 1 saturated heterocycles. The van der Waals surface area contributed by atoms with E-state index in [1.165, 1.54) is 16.9 Å². The van der Waals surface area contributed by atoms with Crippen molar-refractivity contribution in [1.82, 2.24) is 14.9 Å². The van der Waals surface area contributed by atoms with E-state index in [-0.39, 0.29) is 5.97 Å². The van der Waals surface area contributed by atoms with Gasteiger partial charge in [0.2, 0.25) is 0 Å². The molecule has 0 spiro atoms. The van der Waals surface area contributed by atoms with Crippen molar-refractivity contribution < 1.29 is 9.53 Å². The summed E-state index contributed by atoms with van der Waals surface area (Å²) < 4.78 is 5.13. The Bertz CT molecular complexity index is 1110. The van der Waals surface area contributed by atoms with Crippen molar-refractivity contribution in [3.8, 4) is 0 Å². The van der Waals surface area contributed by atoms with E-state index in [0.717, 1.165) is 67.3 Å². The molecule has 2 aromatic heterocycles. The van der Waals surface area contributed by atoms with Crippen LogP contribution >= 0.6 is 11.3 Å². The minimum absolute atomic E-state index is 0.275. The number of hydrogen-bond donors (Lipinski definition) is 1. The first kappa shape index (κ1) is 21.3. The van der Waals surface area contributed by atoms with Crippen LogP contribution in [0.4, 0.5) is 10.8 Å². The molecular weight excluding hydrogens is 410 g/mol. The third-order valence-corrected chi connectivity index (χ3v) is 6.89. The lowest BCUT2D eigenvalue weighted by molar-refractivity contribution is 0.0531. The second-order valence-corrected chi connectivity index (χ2v) is 8.70. The number of H-pyrrole nitrogens is 1. The van der Waals surface area contributed by atoms with Crippen molar-refractivity contribution in [2.75, 3.05) is 44.2 Å². The predicted molar refractivity (Wildman–Crippen MR) is 124 cm³/mol. The highest BCUT2D eigenvalue weighted by molar-refractivity contribution is 7.17. The van der Waals surface area contributed by atoms with Crippen LogP contribution < -0.4 is 4.90 Å². The van der Waals surface area contributed by atoms with Gasteiger partial charge in [-0.15, -0.1) is 0 Å². The highest BCUT2D eigenvalue weighted by Crippen LogP contribution is 2.28. The Hall–Kier alpha value is -2.89. The molecule has 31 heavy (non-hydrogen) atoms. The summed E-state index contributed by atoms with van der Waals surface area (Å²) in [6.45, 7) is 16.1. The van der Waals surface area contributed by atoms with Crippen molar-refractivity contribution in [3.05, 3.63) is 51.9 Å². The number of esters is 1. The molecule has 1 aromatic carbocycles. The number of nitrogens with one attached hydrogen (secondary N) is 1. The quantitative estimate of drug-likeness (QED) is 0.438. The third-order valence-electron chi connectivity index (χ3n) is 5.69. The van der Waals surface area contributed by atoms with Gasteiger partial charge in [0.15, 0.2) is 10.8 Å². The van der Waals surface area contributed by atoms with E-state index < -0.39 is 0 Å². The van der Waals surface area contributed by atoms with Crippen LogP contribution in [0, 0.1) is 13.5 Å². The Morgan fingerprint density at radius 2 is 2.13 bits per heavy atom. The zero-order valence-corrected chi connectivity index (χ0v) is 18.8. The number of carbonyl (C=O) groups is 1. The fourth-order valence-corrected chi connectivity index (χ4v) is 5.01. The zero-order valence-electron chi connectivity index (χ0n) is 18.0. The molecule has 0 atom stereocenters. The number of carbonyl (C=O) groups excluding carboxylic acids is 1. The fraction of sp³-hybridized carbons (Fsp3) is 0.435. The maximum absolute atomic E-state index is 12.1. The lowest BCUT2D eigenvalue weighted by Crippen LogP contribution is -2.46. The normalized spacial score (nSPS) is 14.7. The van der Waals surface area contributed by atoms with E-state index in [4.69, 9.17) is 11.3 Å². The summed E-state index contributed by atoms with van der Waals surface area (Å²) >= 11 is 1.43. The number of piperazine rings is 1. The molecule has 7 nitrogen and oxygen atoms in total. The average Bonchev–Trinajstić information content (AvgIpc) is 3.37. The molecule has 3 aromatic rings. The van der Waals surface area contributed by atoms with Crippen molar-refractivity contribution in [1.29, 1.82) is 0 Å². The van der Waals surface area contributed by atoms with Gasteiger partial charge in [-0.25, -0.2) is 14.6 Å². The molecule has 4 rings (SSSR count).